The van der Waals surface area contributed by atoms with Gasteiger partial charge in [0.15, 0.2) is 0 Å². The van der Waals surface area contributed by atoms with Crippen molar-refractivity contribution < 1.29 is 22.4 Å². The summed E-state index contributed by atoms with van der Waals surface area (Å²) in [5.41, 5.74) is 1.02. The molecule has 0 spiro atoms. The van der Waals surface area contributed by atoms with Crippen LogP contribution in [0.25, 0.3) is 22.2 Å². The quantitative estimate of drug-likeness (QED) is 0.382. The number of benzene rings is 3. The van der Waals surface area contributed by atoms with Crippen LogP contribution in [0.1, 0.15) is 5.56 Å². The lowest BCUT2D eigenvalue weighted by Crippen LogP contribution is -2.20. The maximum absolute atomic E-state index is 13.1. The molecule has 4 aromatic rings. The van der Waals surface area contributed by atoms with Gasteiger partial charge in [0.05, 0.1) is 16.8 Å². The van der Waals surface area contributed by atoms with Crippen LogP contribution in [0.5, 0.6) is 0 Å². The number of amides is 1. The van der Waals surface area contributed by atoms with Gasteiger partial charge in [-0.05, 0) is 54.1 Å². The number of anilines is 1. The van der Waals surface area contributed by atoms with E-state index in [9.17, 15) is 22.4 Å². The van der Waals surface area contributed by atoms with Crippen molar-refractivity contribution in [1.29, 1.82) is 0 Å². The predicted molar refractivity (Wildman–Crippen MR) is 103 cm³/mol. The van der Waals surface area contributed by atoms with Crippen molar-refractivity contribution in [3.05, 3.63) is 90.2 Å². The lowest BCUT2D eigenvalue weighted by atomic mass is 10.1. The third-order valence-corrected chi connectivity index (χ3v) is 4.50. The van der Waals surface area contributed by atoms with E-state index >= 15 is 0 Å². The molecule has 0 aliphatic carbocycles. The molecule has 0 atom stereocenters. The van der Waals surface area contributed by atoms with Crippen LogP contribution in [0.15, 0.2) is 78.9 Å². The van der Waals surface area contributed by atoms with Crippen LogP contribution in [0, 0.1) is 5.82 Å². The zero-order chi connectivity index (χ0) is 20.6. The Balaban J connectivity index is 1.85. The highest BCUT2D eigenvalue weighted by atomic mass is 19.4. The van der Waals surface area contributed by atoms with Crippen molar-refractivity contribution >= 4 is 22.6 Å². The van der Waals surface area contributed by atoms with Gasteiger partial charge in [0.2, 0.25) is 0 Å². The van der Waals surface area contributed by atoms with Gasteiger partial charge in [0, 0.05) is 11.1 Å². The minimum Gasteiger partial charge on any atom is -0.307 e. The summed E-state index contributed by atoms with van der Waals surface area (Å²) in [5.74, 6) is -0.445. The molecular formula is C22H14F4N2O. The highest BCUT2D eigenvalue weighted by Gasteiger charge is 2.31. The van der Waals surface area contributed by atoms with Gasteiger partial charge < -0.3 is 5.32 Å². The number of halogens is 4. The summed E-state index contributed by atoms with van der Waals surface area (Å²) >= 11 is 0. The molecule has 146 valence electrons. The molecule has 1 amide bonds. The number of alkyl halides is 3. The monoisotopic (exact) mass is 398 g/mol. The molecule has 3 nitrogen and oxygen atoms in total. The fourth-order valence-corrected chi connectivity index (χ4v) is 3.14. The Morgan fingerprint density at radius 2 is 1.55 bits per heavy atom. The van der Waals surface area contributed by atoms with Gasteiger partial charge in [-0.15, -0.1) is 0 Å². The normalized spacial score (nSPS) is 11.6. The van der Waals surface area contributed by atoms with Gasteiger partial charge in [-0.2, -0.15) is 13.2 Å². The van der Waals surface area contributed by atoms with E-state index in [1.807, 2.05) is 0 Å². The largest absolute Gasteiger partial charge is 0.416 e. The number of hydrogen-bond acceptors (Lipinski definition) is 1. The van der Waals surface area contributed by atoms with E-state index < -0.39 is 23.6 Å². The fourth-order valence-electron chi connectivity index (χ4n) is 3.14. The maximum Gasteiger partial charge on any atom is 0.416 e. The summed E-state index contributed by atoms with van der Waals surface area (Å²) in [4.78, 5) is 13.0. The molecule has 0 aliphatic rings. The zero-order valence-corrected chi connectivity index (χ0v) is 14.9. The SMILES string of the molecule is O=C(Nc1ccc(F)cc1)n1c(-c2ccccc2)cc2cc(C(F)(F)F)ccc21. The number of aromatic nitrogens is 1. The Bertz CT molecular complexity index is 1180. The molecule has 0 fully saturated rings. The molecule has 1 aromatic heterocycles. The molecule has 0 aliphatic heterocycles. The molecule has 1 heterocycles. The molecule has 0 unspecified atom stereocenters. The summed E-state index contributed by atoms with van der Waals surface area (Å²) in [5, 5.41) is 2.94. The number of rotatable bonds is 2. The molecule has 0 radical (unpaired) electrons. The van der Waals surface area contributed by atoms with E-state index in [1.54, 1.807) is 36.4 Å². The number of nitrogens with one attached hydrogen (secondary N) is 1. The number of fused-ring (bicyclic) bond motifs is 1. The van der Waals surface area contributed by atoms with Crippen molar-refractivity contribution in [1.82, 2.24) is 4.57 Å². The first kappa shape index (κ1) is 18.7. The molecule has 29 heavy (non-hydrogen) atoms. The Hall–Kier alpha value is -3.61. The first-order valence-electron chi connectivity index (χ1n) is 8.68. The van der Waals surface area contributed by atoms with E-state index in [-0.39, 0.29) is 5.39 Å². The smallest absolute Gasteiger partial charge is 0.307 e. The average Bonchev–Trinajstić information content (AvgIpc) is 3.08. The van der Waals surface area contributed by atoms with Crippen molar-refractivity contribution in [2.24, 2.45) is 0 Å². The lowest BCUT2D eigenvalue weighted by Gasteiger charge is -2.12. The minimum atomic E-state index is -4.49. The average molecular weight is 398 g/mol. The van der Waals surface area contributed by atoms with Crippen molar-refractivity contribution in [3.63, 3.8) is 0 Å². The topological polar surface area (TPSA) is 34.0 Å². The van der Waals surface area contributed by atoms with E-state index in [0.717, 1.165) is 12.1 Å². The molecular weight excluding hydrogens is 384 g/mol. The van der Waals surface area contributed by atoms with E-state index in [4.69, 9.17) is 0 Å². The van der Waals surface area contributed by atoms with Gasteiger partial charge in [0.25, 0.3) is 0 Å². The summed E-state index contributed by atoms with van der Waals surface area (Å²) in [6.45, 7) is 0. The zero-order valence-electron chi connectivity index (χ0n) is 14.9. The number of nitrogens with zero attached hydrogens (tertiary/aromatic N) is 1. The van der Waals surface area contributed by atoms with Crippen LogP contribution < -0.4 is 5.32 Å². The second-order valence-electron chi connectivity index (χ2n) is 6.44. The van der Waals surface area contributed by atoms with Gasteiger partial charge >= 0.3 is 12.2 Å². The minimum absolute atomic E-state index is 0.285. The van der Waals surface area contributed by atoms with Crippen LogP contribution in [0.4, 0.5) is 28.0 Å². The first-order valence-corrected chi connectivity index (χ1v) is 8.68. The van der Waals surface area contributed by atoms with E-state index in [0.29, 0.717) is 22.5 Å². The van der Waals surface area contributed by atoms with Crippen LogP contribution in [-0.4, -0.2) is 10.6 Å². The van der Waals surface area contributed by atoms with Crippen LogP contribution in [0.3, 0.4) is 0 Å². The number of carbonyl (C=O) groups is 1. The lowest BCUT2D eigenvalue weighted by molar-refractivity contribution is -0.137. The maximum atomic E-state index is 13.1. The number of carbonyl (C=O) groups excluding carboxylic acids is 1. The Morgan fingerprint density at radius 3 is 2.21 bits per heavy atom. The van der Waals surface area contributed by atoms with Gasteiger partial charge in [-0.1, -0.05) is 30.3 Å². The molecule has 4 rings (SSSR count). The molecule has 0 saturated carbocycles. The van der Waals surface area contributed by atoms with Gasteiger partial charge in [-0.25, -0.2) is 9.18 Å². The molecule has 1 N–H and O–H groups in total. The van der Waals surface area contributed by atoms with Crippen molar-refractivity contribution in [2.45, 2.75) is 6.18 Å². The van der Waals surface area contributed by atoms with Crippen LogP contribution in [-0.2, 0) is 6.18 Å². The third kappa shape index (κ3) is 3.71. The molecule has 3 aromatic carbocycles. The van der Waals surface area contributed by atoms with Gasteiger partial charge in [-0.3, -0.25) is 4.57 Å². The Kier molecular flexibility index (Phi) is 4.58. The van der Waals surface area contributed by atoms with Crippen LogP contribution in [0.2, 0.25) is 0 Å². The Morgan fingerprint density at radius 1 is 0.862 bits per heavy atom. The van der Waals surface area contributed by atoms with Crippen molar-refractivity contribution in [2.75, 3.05) is 5.32 Å². The standard InChI is InChI=1S/C22H14F4N2O/c23-17-7-9-18(10-8-17)27-21(29)28-19-11-6-16(22(24,25)26)12-15(19)13-20(28)14-4-2-1-3-5-14/h1-13H,(H,27,29). The summed E-state index contributed by atoms with van der Waals surface area (Å²) < 4.78 is 53.8. The summed E-state index contributed by atoms with van der Waals surface area (Å²) in [7, 11) is 0. The Labute approximate surface area is 163 Å². The molecule has 7 heteroatoms. The summed E-state index contributed by atoms with van der Waals surface area (Å²) in [6.07, 6.45) is -4.49. The predicted octanol–water partition coefficient (Wildman–Crippen LogP) is 6.55. The molecule has 0 bridgehead atoms. The summed E-state index contributed by atoms with van der Waals surface area (Å²) in [6, 6.07) is 18.3. The third-order valence-electron chi connectivity index (χ3n) is 4.50. The second kappa shape index (κ2) is 7.09. The van der Waals surface area contributed by atoms with E-state index in [1.165, 1.54) is 34.9 Å². The highest BCUT2D eigenvalue weighted by molar-refractivity contribution is 6.03. The highest BCUT2D eigenvalue weighted by Crippen LogP contribution is 2.34. The van der Waals surface area contributed by atoms with E-state index in [2.05, 4.69) is 5.32 Å². The molecule has 0 saturated heterocycles. The van der Waals surface area contributed by atoms with Crippen LogP contribution >= 0.6 is 0 Å². The number of hydrogen-bond donors (Lipinski definition) is 1. The van der Waals surface area contributed by atoms with Crippen molar-refractivity contribution in [3.8, 4) is 11.3 Å². The fraction of sp³-hybridized carbons (Fsp3) is 0.0455. The second-order valence-corrected chi connectivity index (χ2v) is 6.44. The first-order chi connectivity index (χ1) is 13.8. The van der Waals surface area contributed by atoms with Gasteiger partial charge in [0.1, 0.15) is 5.82 Å².